The Bertz CT molecular complexity index is 520. The van der Waals surface area contributed by atoms with Crippen LogP contribution < -0.4 is 0 Å². The lowest BCUT2D eigenvalue weighted by Gasteiger charge is -2.36. The summed E-state index contributed by atoms with van der Waals surface area (Å²) in [7, 11) is 0. The van der Waals surface area contributed by atoms with E-state index in [-0.39, 0.29) is 11.8 Å². The van der Waals surface area contributed by atoms with E-state index in [1.807, 2.05) is 45.9 Å². The minimum absolute atomic E-state index is 0.0192. The molecule has 2 aliphatic rings. The van der Waals surface area contributed by atoms with Crippen molar-refractivity contribution in [1.82, 2.24) is 0 Å². The maximum Gasteiger partial charge on any atom is 0.334 e. The number of carbonyl (C=O) groups excluding carboxylic acids is 2. The summed E-state index contributed by atoms with van der Waals surface area (Å²) in [5, 5.41) is 0. The molecule has 0 N–H and O–H groups in total. The first-order valence-corrected chi connectivity index (χ1v) is 6.61. The van der Waals surface area contributed by atoms with Gasteiger partial charge in [-0.1, -0.05) is 26.0 Å². The third-order valence-corrected chi connectivity index (χ3v) is 4.20. The van der Waals surface area contributed by atoms with E-state index in [0.29, 0.717) is 18.4 Å². The summed E-state index contributed by atoms with van der Waals surface area (Å²) in [5.74, 6) is -0.215. The number of hydrogen-bond donors (Lipinski definition) is 0. The van der Waals surface area contributed by atoms with Crippen LogP contribution in [0.25, 0.3) is 0 Å². The highest BCUT2D eigenvalue weighted by atomic mass is 16.6. The minimum Gasteiger partial charge on any atom is -0.451 e. The molecular weight excluding hydrogens is 240 g/mol. The monoisotopic (exact) mass is 260 g/mol. The van der Waals surface area contributed by atoms with Gasteiger partial charge >= 0.3 is 5.97 Å². The molecule has 1 aliphatic heterocycles. The number of rotatable bonds is 0. The van der Waals surface area contributed by atoms with Gasteiger partial charge in [0.1, 0.15) is 5.60 Å². The van der Waals surface area contributed by atoms with Crippen LogP contribution in [0, 0.1) is 5.41 Å². The van der Waals surface area contributed by atoms with Crippen LogP contribution in [-0.4, -0.2) is 17.4 Å². The third kappa shape index (κ3) is 2.42. The molecule has 0 aromatic rings. The number of hydrogen-bond acceptors (Lipinski definition) is 3. The summed E-state index contributed by atoms with van der Waals surface area (Å²) in [6.45, 7) is 7.65. The molecule has 3 heteroatoms. The average Bonchev–Trinajstić information content (AvgIpc) is 2.62. The number of allylic oxidation sites excluding steroid dienone is 3. The summed E-state index contributed by atoms with van der Waals surface area (Å²) < 4.78 is 5.55. The molecule has 0 saturated carbocycles. The predicted molar refractivity (Wildman–Crippen MR) is 73.5 cm³/mol. The fourth-order valence-electron chi connectivity index (χ4n) is 2.30. The van der Waals surface area contributed by atoms with Crippen molar-refractivity contribution in [3.05, 3.63) is 35.5 Å². The molecule has 0 aromatic heterocycles. The van der Waals surface area contributed by atoms with Gasteiger partial charge in [-0.15, -0.1) is 0 Å². The first-order valence-electron chi connectivity index (χ1n) is 6.61. The highest BCUT2D eigenvalue weighted by molar-refractivity contribution is 6.03. The highest BCUT2D eigenvalue weighted by Gasteiger charge is 2.46. The van der Waals surface area contributed by atoms with E-state index < -0.39 is 11.0 Å². The molecule has 3 nitrogen and oxygen atoms in total. The molecule has 0 radical (unpaired) electrons. The van der Waals surface area contributed by atoms with Crippen molar-refractivity contribution in [2.75, 3.05) is 0 Å². The van der Waals surface area contributed by atoms with Crippen LogP contribution in [0.5, 0.6) is 0 Å². The van der Waals surface area contributed by atoms with E-state index in [4.69, 9.17) is 4.74 Å². The fraction of sp³-hybridized carbons (Fsp3) is 0.500. The summed E-state index contributed by atoms with van der Waals surface area (Å²) >= 11 is 0. The fourth-order valence-corrected chi connectivity index (χ4v) is 2.30. The highest BCUT2D eigenvalue weighted by Crippen LogP contribution is 2.42. The molecule has 0 saturated heterocycles. The van der Waals surface area contributed by atoms with Crippen molar-refractivity contribution in [2.45, 2.75) is 46.1 Å². The molecule has 1 heterocycles. The molecular formula is C16H20O3. The van der Waals surface area contributed by atoms with Crippen LogP contribution >= 0.6 is 0 Å². The quantitative estimate of drug-likeness (QED) is 0.628. The lowest BCUT2D eigenvalue weighted by molar-refractivity contribution is -0.151. The predicted octanol–water partition coefficient (Wildman–Crippen LogP) is 3.12. The molecule has 1 atom stereocenters. The van der Waals surface area contributed by atoms with Gasteiger partial charge in [0.25, 0.3) is 0 Å². The zero-order valence-electron chi connectivity index (χ0n) is 11.9. The van der Waals surface area contributed by atoms with Crippen LogP contribution in [-0.2, 0) is 14.3 Å². The Hall–Kier alpha value is -1.64. The largest absolute Gasteiger partial charge is 0.451 e. The smallest absolute Gasteiger partial charge is 0.334 e. The van der Waals surface area contributed by atoms with Gasteiger partial charge in [-0.25, -0.2) is 4.79 Å². The van der Waals surface area contributed by atoms with Crippen molar-refractivity contribution in [2.24, 2.45) is 5.41 Å². The Labute approximate surface area is 114 Å². The van der Waals surface area contributed by atoms with Crippen molar-refractivity contribution in [3.8, 4) is 0 Å². The average molecular weight is 260 g/mol. The summed E-state index contributed by atoms with van der Waals surface area (Å²) in [4.78, 5) is 23.8. The van der Waals surface area contributed by atoms with Gasteiger partial charge < -0.3 is 4.74 Å². The maximum absolute atomic E-state index is 11.9. The van der Waals surface area contributed by atoms with E-state index in [0.717, 1.165) is 5.57 Å². The standard InChI is InChI=1S/C16H20O3/c1-11-6-5-7-12-10-16(4,19-14(12)18)15(2,3)9-8-13(11)17/h6,8-10H,5,7H2,1-4H3/b9-8-,11-6-/t16-/m0/s1. The second-order valence-electron chi connectivity index (χ2n) is 6.01. The van der Waals surface area contributed by atoms with E-state index in [1.165, 1.54) is 0 Å². The van der Waals surface area contributed by atoms with Gasteiger partial charge in [-0.05, 0) is 44.4 Å². The molecule has 0 aromatic carbocycles. The molecule has 0 amide bonds. The van der Waals surface area contributed by atoms with Gasteiger partial charge in [-0.3, -0.25) is 4.79 Å². The summed E-state index contributed by atoms with van der Waals surface area (Å²) in [6.07, 6.45) is 8.53. The normalized spacial score (nSPS) is 34.7. The van der Waals surface area contributed by atoms with Gasteiger partial charge in [0.2, 0.25) is 0 Å². The summed E-state index contributed by atoms with van der Waals surface area (Å²) in [6, 6.07) is 0. The molecule has 0 spiro atoms. The second kappa shape index (κ2) is 4.48. The Kier molecular flexibility index (Phi) is 3.25. The SMILES string of the molecule is C/C1=C/CCC2=C[C@](C)(OC2=O)C(C)(C)/C=C\C1=O. The van der Waals surface area contributed by atoms with Crippen LogP contribution in [0.15, 0.2) is 35.5 Å². The zero-order valence-corrected chi connectivity index (χ0v) is 11.9. The first kappa shape index (κ1) is 13.8. The second-order valence-corrected chi connectivity index (χ2v) is 6.01. The number of carbonyl (C=O) groups is 2. The maximum atomic E-state index is 11.9. The van der Waals surface area contributed by atoms with Gasteiger partial charge in [-0.2, -0.15) is 0 Å². The Morgan fingerprint density at radius 2 is 1.89 bits per heavy atom. The zero-order chi connectivity index (χ0) is 14.3. The minimum atomic E-state index is -0.686. The van der Waals surface area contributed by atoms with E-state index in [1.54, 1.807) is 6.08 Å². The van der Waals surface area contributed by atoms with Crippen molar-refractivity contribution in [1.29, 1.82) is 0 Å². The molecule has 2 rings (SSSR count). The number of fused-ring (bicyclic) bond motifs is 1. The van der Waals surface area contributed by atoms with Crippen molar-refractivity contribution < 1.29 is 14.3 Å². The topological polar surface area (TPSA) is 43.4 Å². The van der Waals surface area contributed by atoms with Gasteiger partial charge in [0.15, 0.2) is 5.78 Å². The van der Waals surface area contributed by atoms with Crippen molar-refractivity contribution >= 4 is 11.8 Å². The molecule has 1 aliphatic carbocycles. The molecule has 19 heavy (non-hydrogen) atoms. The van der Waals surface area contributed by atoms with Crippen LogP contribution in [0.4, 0.5) is 0 Å². The van der Waals surface area contributed by atoms with E-state index in [9.17, 15) is 9.59 Å². The molecule has 0 fully saturated rings. The van der Waals surface area contributed by atoms with E-state index >= 15 is 0 Å². The first-order chi connectivity index (χ1) is 8.75. The lowest BCUT2D eigenvalue weighted by atomic mass is 9.75. The Morgan fingerprint density at radius 3 is 2.58 bits per heavy atom. The van der Waals surface area contributed by atoms with E-state index in [2.05, 4.69) is 0 Å². The molecule has 102 valence electrons. The number of ketones is 1. The lowest BCUT2D eigenvalue weighted by Crippen LogP contribution is -2.40. The third-order valence-electron chi connectivity index (χ3n) is 4.20. The van der Waals surface area contributed by atoms with Crippen LogP contribution in [0.2, 0.25) is 0 Å². The Morgan fingerprint density at radius 1 is 1.21 bits per heavy atom. The van der Waals surface area contributed by atoms with Crippen LogP contribution in [0.3, 0.4) is 0 Å². The molecule has 0 unspecified atom stereocenters. The number of ether oxygens (including phenoxy) is 1. The summed E-state index contributed by atoms with van der Waals surface area (Å²) in [5.41, 5.74) is 0.324. The van der Waals surface area contributed by atoms with Gasteiger partial charge in [0.05, 0.1) is 0 Å². The van der Waals surface area contributed by atoms with Gasteiger partial charge in [0, 0.05) is 11.0 Å². The Balaban J connectivity index is 2.47. The van der Waals surface area contributed by atoms with Crippen molar-refractivity contribution in [3.63, 3.8) is 0 Å². The van der Waals surface area contributed by atoms with Crippen LogP contribution in [0.1, 0.15) is 40.5 Å². The number of esters is 1. The molecule has 2 bridgehead atoms.